The molecule has 0 aliphatic heterocycles. The second kappa shape index (κ2) is 12.2. The quantitative estimate of drug-likeness (QED) is 0.169. The maximum Gasteiger partial charge on any atom is 0.0714 e. The summed E-state index contributed by atoms with van der Waals surface area (Å²) < 4.78 is 2.61. The van der Waals surface area contributed by atoms with Gasteiger partial charge in [-0.05, 0) is 88.3 Å². The molecule has 0 radical (unpaired) electrons. The summed E-state index contributed by atoms with van der Waals surface area (Å²) in [6.07, 6.45) is 0. The molecular formula is C50H35NS. The molecule has 52 heavy (non-hydrogen) atoms. The first-order chi connectivity index (χ1) is 25.7. The van der Waals surface area contributed by atoms with Crippen molar-refractivity contribution in [1.82, 2.24) is 0 Å². The van der Waals surface area contributed by atoms with Gasteiger partial charge in [0.2, 0.25) is 0 Å². The number of rotatable bonds is 6. The molecule has 246 valence electrons. The van der Waals surface area contributed by atoms with E-state index in [0.29, 0.717) is 0 Å². The number of hydrogen-bond donors (Lipinski definition) is 0. The molecule has 2 heteroatoms. The van der Waals surface area contributed by atoms with E-state index < -0.39 is 5.41 Å². The Kier molecular flexibility index (Phi) is 7.19. The summed E-state index contributed by atoms with van der Waals surface area (Å²) in [5, 5.41) is 2.59. The molecule has 8 aromatic carbocycles. The first-order valence-corrected chi connectivity index (χ1v) is 18.7. The third kappa shape index (κ3) is 4.68. The van der Waals surface area contributed by atoms with Crippen molar-refractivity contribution in [3.05, 3.63) is 222 Å². The molecule has 0 saturated carbocycles. The van der Waals surface area contributed by atoms with E-state index in [1.807, 2.05) is 11.3 Å². The number of aryl methyl sites for hydroxylation is 1. The van der Waals surface area contributed by atoms with Gasteiger partial charge in [-0.1, -0.05) is 157 Å². The Morgan fingerprint density at radius 3 is 1.87 bits per heavy atom. The van der Waals surface area contributed by atoms with E-state index in [9.17, 15) is 0 Å². The number of anilines is 3. The molecule has 9 aromatic rings. The lowest BCUT2D eigenvalue weighted by molar-refractivity contribution is 0.768. The molecule has 0 fully saturated rings. The summed E-state index contributed by atoms with van der Waals surface area (Å²) in [5.41, 5.74) is 14.3. The van der Waals surface area contributed by atoms with Crippen LogP contribution in [0.15, 0.2) is 194 Å². The topological polar surface area (TPSA) is 3.24 Å². The molecule has 1 aliphatic carbocycles. The van der Waals surface area contributed by atoms with Crippen molar-refractivity contribution in [1.29, 1.82) is 0 Å². The van der Waals surface area contributed by atoms with Crippen LogP contribution in [0, 0.1) is 6.92 Å². The normalized spacial score (nSPS) is 14.7. The van der Waals surface area contributed by atoms with Gasteiger partial charge in [0, 0.05) is 37.1 Å². The third-order valence-corrected chi connectivity index (χ3v) is 12.0. The zero-order chi connectivity index (χ0) is 34.6. The lowest BCUT2D eigenvalue weighted by Crippen LogP contribution is -2.28. The first-order valence-electron chi connectivity index (χ1n) is 17.9. The number of fused-ring (bicyclic) bond motifs is 6. The van der Waals surface area contributed by atoms with Crippen LogP contribution in [-0.2, 0) is 5.41 Å². The Hall–Kier alpha value is -6.22. The summed E-state index contributed by atoms with van der Waals surface area (Å²) in [7, 11) is 0. The molecule has 0 N–H and O–H groups in total. The summed E-state index contributed by atoms with van der Waals surface area (Å²) in [5.74, 6) is 0. The average molecular weight is 682 g/mol. The van der Waals surface area contributed by atoms with Gasteiger partial charge in [0.1, 0.15) is 0 Å². The van der Waals surface area contributed by atoms with Gasteiger partial charge in [0.25, 0.3) is 0 Å². The Balaban J connectivity index is 1.26. The molecule has 1 heterocycles. The predicted octanol–water partition coefficient (Wildman–Crippen LogP) is 13.9. The van der Waals surface area contributed by atoms with Crippen molar-refractivity contribution in [3.8, 4) is 22.3 Å². The molecule has 1 atom stereocenters. The first kappa shape index (κ1) is 30.6. The molecule has 0 amide bonds. The van der Waals surface area contributed by atoms with Gasteiger partial charge in [0.15, 0.2) is 0 Å². The van der Waals surface area contributed by atoms with E-state index in [0.717, 1.165) is 11.4 Å². The van der Waals surface area contributed by atoms with Crippen LogP contribution in [-0.4, -0.2) is 0 Å². The predicted molar refractivity (Wildman–Crippen MR) is 221 cm³/mol. The molecule has 1 aliphatic rings. The van der Waals surface area contributed by atoms with Crippen molar-refractivity contribution < 1.29 is 0 Å². The van der Waals surface area contributed by atoms with E-state index in [4.69, 9.17) is 0 Å². The summed E-state index contributed by atoms with van der Waals surface area (Å²) in [4.78, 5) is 2.48. The molecule has 1 nitrogen and oxygen atoms in total. The van der Waals surface area contributed by atoms with Gasteiger partial charge in [-0.25, -0.2) is 0 Å². The molecular weight excluding hydrogens is 647 g/mol. The van der Waals surface area contributed by atoms with Crippen LogP contribution in [0.2, 0.25) is 0 Å². The number of benzene rings is 8. The second-order valence-corrected chi connectivity index (χ2v) is 14.8. The van der Waals surface area contributed by atoms with Crippen molar-refractivity contribution >= 4 is 48.6 Å². The fraction of sp³-hybridized carbons (Fsp3) is 0.0400. The number of nitrogens with zero attached hydrogens (tertiary/aromatic N) is 1. The van der Waals surface area contributed by atoms with E-state index in [1.165, 1.54) is 75.9 Å². The molecule has 1 unspecified atom stereocenters. The zero-order valence-electron chi connectivity index (χ0n) is 28.8. The fourth-order valence-corrected chi connectivity index (χ4v) is 9.58. The van der Waals surface area contributed by atoms with Crippen LogP contribution in [0.5, 0.6) is 0 Å². The molecule has 0 bridgehead atoms. The fourth-order valence-electron chi connectivity index (χ4n) is 8.49. The second-order valence-electron chi connectivity index (χ2n) is 13.8. The highest BCUT2D eigenvalue weighted by Crippen LogP contribution is 2.59. The highest BCUT2D eigenvalue weighted by Gasteiger charge is 2.47. The van der Waals surface area contributed by atoms with Crippen molar-refractivity contribution in [2.24, 2.45) is 0 Å². The van der Waals surface area contributed by atoms with Gasteiger partial charge >= 0.3 is 0 Å². The molecule has 1 aromatic heterocycles. The van der Waals surface area contributed by atoms with E-state index in [-0.39, 0.29) is 0 Å². The van der Waals surface area contributed by atoms with E-state index in [1.54, 1.807) is 0 Å². The zero-order valence-corrected chi connectivity index (χ0v) is 29.6. The minimum atomic E-state index is -0.479. The van der Waals surface area contributed by atoms with Crippen LogP contribution < -0.4 is 4.90 Å². The van der Waals surface area contributed by atoms with Crippen LogP contribution in [0.25, 0.3) is 42.4 Å². The Labute approximate surface area is 308 Å². The highest BCUT2D eigenvalue weighted by molar-refractivity contribution is 7.25. The lowest BCUT2D eigenvalue weighted by atomic mass is 9.67. The van der Waals surface area contributed by atoms with Crippen molar-refractivity contribution in [3.63, 3.8) is 0 Å². The van der Waals surface area contributed by atoms with Crippen LogP contribution in [0.4, 0.5) is 17.1 Å². The van der Waals surface area contributed by atoms with Gasteiger partial charge in [-0.3, -0.25) is 0 Å². The smallest absolute Gasteiger partial charge is 0.0714 e. The van der Waals surface area contributed by atoms with Crippen molar-refractivity contribution in [2.45, 2.75) is 12.3 Å². The average Bonchev–Trinajstić information content (AvgIpc) is 3.73. The highest BCUT2D eigenvalue weighted by atomic mass is 32.1. The Bertz CT molecular complexity index is 2730. The van der Waals surface area contributed by atoms with E-state index in [2.05, 4.69) is 206 Å². The molecule has 10 rings (SSSR count). The SMILES string of the molecule is Cc1ccc(C2(c3ccccc3)c3ccccc3-c3c(N(c4ccc(-c5ccccc5)cc4)c4ccc5sc6ccccc6c5c4)cccc32)cc1. The monoisotopic (exact) mass is 681 g/mol. The largest absolute Gasteiger partial charge is 0.310 e. The summed E-state index contributed by atoms with van der Waals surface area (Å²) in [6.45, 7) is 2.17. The maximum atomic E-state index is 2.48. The van der Waals surface area contributed by atoms with Gasteiger partial charge < -0.3 is 4.90 Å². The summed E-state index contributed by atoms with van der Waals surface area (Å²) in [6, 6.07) is 71.7. The molecule has 0 spiro atoms. The van der Waals surface area contributed by atoms with Crippen LogP contribution >= 0.6 is 11.3 Å². The van der Waals surface area contributed by atoms with Gasteiger partial charge in [0.05, 0.1) is 11.1 Å². The number of hydrogen-bond acceptors (Lipinski definition) is 2. The standard InChI is InChI=1S/C50H35NS/c1-34-23-27-38(28-24-34)50(37-15-6-3-7-16-37)44-19-10-8-18-42(44)49-45(50)20-12-21-46(49)51(39-29-25-36(26-30-39)35-13-4-2-5-14-35)40-31-32-48-43(33-40)41-17-9-11-22-47(41)52-48/h2-33H,1H3. The minimum absolute atomic E-state index is 0.479. The van der Waals surface area contributed by atoms with Gasteiger partial charge in [-0.2, -0.15) is 0 Å². The van der Waals surface area contributed by atoms with Crippen molar-refractivity contribution in [2.75, 3.05) is 4.90 Å². The number of thiophene rings is 1. The minimum Gasteiger partial charge on any atom is -0.310 e. The summed E-state index contributed by atoms with van der Waals surface area (Å²) >= 11 is 1.86. The molecule has 0 saturated heterocycles. The Morgan fingerprint density at radius 1 is 0.442 bits per heavy atom. The lowest BCUT2D eigenvalue weighted by Gasteiger charge is -2.34. The van der Waals surface area contributed by atoms with Gasteiger partial charge in [-0.15, -0.1) is 11.3 Å². The maximum absolute atomic E-state index is 2.48. The van der Waals surface area contributed by atoms with E-state index >= 15 is 0 Å². The Morgan fingerprint density at radius 2 is 1.06 bits per heavy atom. The third-order valence-electron chi connectivity index (χ3n) is 10.8. The van der Waals surface area contributed by atoms with Crippen LogP contribution in [0.3, 0.4) is 0 Å². The van der Waals surface area contributed by atoms with Crippen LogP contribution in [0.1, 0.15) is 27.8 Å².